The topological polar surface area (TPSA) is 213 Å². The lowest BCUT2D eigenvalue weighted by atomic mass is 10.4. The first kappa shape index (κ1) is 53.7. The molecule has 19 heteroatoms. The maximum absolute atomic E-state index is 11.8. The molecule has 4 N–H and O–H groups in total. The van der Waals surface area contributed by atoms with Crippen LogP contribution in [0.25, 0.3) is 0 Å². The number of hydrogen-bond donors (Lipinski definition) is 2. The van der Waals surface area contributed by atoms with Crippen LogP contribution in [-0.4, -0.2) is 214 Å². The largest absolute Gasteiger partial charge is 0.399 e. The van der Waals surface area contributed by atoms with Crippen molar-refractivity contribution in [3.63, 3.8) is 0 Å². The van der Waals surface area contributed by atoms with Crippen molar-refractivity contribution in [2.45, 2.75) is 13.3 Å². The summed E-state index contributed by atoms with van der Waals surface area (Å²) in [5.74, 6) is 5.54. The monoisotopic (exact) mass is 812 g/mol. The molecule has 0 bridgehead atoms. The number of hydrogen-bond acceptors (Lipinski definition) is 18. The van der Waals surface area contributed by atoms with Gasteiger partial charge in [0.1, 0.15) is 6.29 Å². The van der Waals surface area contributed by atoms with Gasteiger partial charge in [-0.2, -0.15) is 0 Å². The second kappa shape index (κ2) is 45.4. The zero-order valence-corrected chi connectivity index (χ0v) is 34.0. The van der Waals surface area contributed by atoms with Crippen LogP contribution in [0.15, 0.2) is 24.0 Å². The Morgan fingerprint density at radius 2 is 0.750 bits per heavy atom. The second-order valence-electron chi connectivity index (χ2n) is 11.6. The van der Waals surface area contributed by atoms with Crippen LogP contribution in [0.3, 0.4) is 0 Å². The minimum Gasteiger partial charge on any atom is -0.399 e. The zero-order chi connectivity index (χ0) is 40.8. The van der Waals surface area contributed by atoms with E-state index in [1.165, 1.54) is 22.2 Å². The fourth-order valence-electron chi connectivity index (χ4n) is 3.97. The quantitative estimate of drug-likeness (QED) is 0.0268. The Labute approximate surface area is 333 Å². The minimum atomic E-state index is -0.338. The Kier molecular flexibility index (Phi) is 43.5. The molecule has 0 spiro atoms. The maximum atomic E-state index is 11.8. The lowest BCUT2D eigenvalue weighted by Crippen LogP contribution is -2.34. The van der Waals surface area contributed by atoms with E-state index < -0.39 is 0 Å². The van der Waals surface area contributed by atoms with Gasteiger partial charge in [-0.3, -0.25) is 9.59 Å². The number of carbonyl (C=O) groups excluding carboxylic acids is 2. The van der Waals surface area contributed by atoms with E-state index in [1.807, 2.05) is 0 Å². The van der Waals surface area contributed by atoms with Crippen molar-refractivity contribution >= 4 is 12.2 Å². The van der Waals surface area contributed by atoms with Gasteiger partial charge in [0, 0.05) is 31.6 Å². The van der Waals surface area contributed by atoms with Gasteiger partial charge in [0.15, 0.2) is 0 Å². The molecule has 0 aliphatic heterocycles. The third kappa shape index (κ3) is 42.8. The highest BCUT2D eigenvalue weighted by Gasteiger charge is 2.06. The Hall–Kier alpha value is -2.34. The summed E-state index contributed by atoms with van der Waals surface area (Å²) in [4.78, 5) is 23.4. The van der Waals surface area contributed by atoms with Gasteiger partial charge in [-0.1, -0.05) is 6.92 Å². The molecule has 0 aromatic heterocycles. The van der Waals surface area contributed by atoms with Gasteiger partial charge >= 0.3 is 0 Å². The van der Waals surface area contributed by atoms with E-state index in [1.54, 1.807) is 7.05 Å². The predicted molar refractivity (Wildman–Crippen MR) is 207 cm³/mol. The van der Waals surface area contributed by atoms with E-state index in [4.69, 9.17) is 73.2 Å². The summed E-state index contributed by atoms with van der Waals surface area (Å²) in [7, 11) is 1.57. The number of carbonyl (C=O) groups is 2. The van der Waals surface area contributed by atoms with Gasteiger partial charge in [-0.15, -0.1) is 0 Å². The minimum absolute atomic E-state index is 0.170. The summed E-state index contributed by atoms with van der Waals surface area (Å²) < 4.78 is 71.0. The highest BCUT2D eigenvalue weighted by Crippen LogP contribution is 1.95. The van der Waals surface area contributed by atoms with Gasteiger partial charge in [0.25, 0.3) is 0 Å². The lowest BCUT2D eigenvalue weighted by molar-refractivity contribution is -0.124. The van der Waals surface area contributed by atoms with Gasteiger partial charge in [-0.25, -0.2) is 5.84 Å². The standard InChI is InChI=1S/C37H72N4O15/c1-3-8-44-10-12-46-14-16-48-18-20-50-22-24-52-26-28-54-30-32-56-33-31-55-29-27-53-25-23-51-21-19-49-17-15-47-13-11-45-9-6-41(39)35-36(38)34-40(2)37(43)5-4-7-42/h4-5,7,35H,3,6,8-34,38-39H2,1-2H3/b5-4-,36-35-. The number of nitrogens with two attached hydrogens (primary N) is 2. The number of ether oxygens (including phenoxy) is 13. The van der Waals surface area contributed by atoms with Crippen LogP contribution in [-0.2, 0) is 71.2 Å². The van der Waals surface area contributed by atoms with Crippen LogP contribution in [0.1, 0.15) is 13.3 Å². The average molecular weight is 813 g/mol. The first-order valence-electron chi connectivity index (χ1n) is 19.4. The van der Waals surface area contributed by atoms with Gasteiger partial charge in [0.05, 0.1) is 178 Å². The van der Waals surface area contributed by atoms with Crippen molar-refractivity contribution in [1.29, 1.82) is 0 Å². The van der Waals surface area contributed by atoms with E-state index in [-0.39, 0.29) is 12.5 Å². The highest BCUT2D eigenvalue weighted by molar-refractivity contribution is 5.90. The molecular weight excluding hydrogens is 740 g/mol. The number of nitrogens with zero attached hydrogens (tertiary/aromatic N) is 2. The summed E-state index contributed by atoms with van der Waals surface area (Å²) in [6, 6.07) is 0. The van der Waals surface area contributed by atoms with E-state index in [0.717, 1.165) is 19.1 Å². The highest BCUT2D eigenvalue weighted by atomic mass is 16.6. The number of rotatable bonds is 46. The molecule has 0 saturated heterocycles. The smallest absolute Gasteiger partial charge is 0.246 e. The van der Waals surface area contributed by atoms with E-state index in [2.05, 4.69) is 6.92 Å². The number of amides is 1. The van der Waals surface area contributed by atoms with Crippen LogP contribution >= 0.6 is 0 Å². The molecule has 0 aromatic carbocycles. The molecule has 0 aliphatic carbocycles. The van der Waals surface area contributed by atoms with Crippen molar-refractivity contribution in [2.24, 2.45) is 11.6 Å². The Morgan fingerprint density at radius 3 is 1.02 bits per heavy atom. The maximum Gasteiger partial charge on any atom is 0.246 e. The summed E-state index contributed by atoms with van der Waals surface area (Å²) in [5.41, 5.74) is 6.30. The molecule has 0 aromatic rings. The normalized spacial score (nSPS) is 11.9. The van der Waals surface area contributed by atoms with Crippen LogP contribution in [0.2, 0.25) is 0 Å². The molecule has 0 heterocycles. The van der Waals surface area contributed by atoms with Gasteiger partial charge in [0.2, 0.25) is 5.91 Å². The molecule has 0 rings (SSSR count). The number of aldehydes is 1. The Bertz CT molecular complexity index is 908. The number of likely N-dealkylation sites (N-methyl/N-ethyl adjacent to an activating group) is 1. The second-order valence-corrected chi connectivity index (χ2v) is 11.6. The molecule has 0 aliphatic rings. The summed E-state index contributed by atoms with van der Waals surface area (Å²) in [6.07, 6.45) is 5.37. The van der Waals surface area contributed by atoms with Crippen LogP contribution in [0.5, 0.6) is 0 Å². The van der Waals surface area contributed by atoms with Crippen molar-refractivity contribution in [3.8, 4) is 0 Å². The van der Waals surface area contributed by atoms with E-state index >= 15 is 0 Å². The molecule has 0 saturated carbocycles. The fourth-order valence-corrected chi connectivity index (χ4v) is 3.97. The van der Waals surface area contributed by atoms with Crippen molar-refractivity contribution < 1.29 is 71.2 Å². The summed E-state index contributed by atoms with van der Waals surface area (Å²) >= 11 is 0. The predicted octanol–water partition coefficient (Wildman–Crippen LogP) is -0.198. The molecule has 56 heavy (non-hydrogen) atoms. The van der Waals surface area contributed by atoms with E-state index in [0.29, 0.717) is 184 Å². The molecule has 0 unspecified atom stereocenters. The molecule has 19 nitrogen and oxygen atoms in total. The lowest BCUT2D eigenvalue weighted by Gasteiger charge is -2.18. The third-order valence-electron chi connectivity index (χ3n) is 6.75. The fraction of sp³-hybridized carbons (Fsp3) is 0.838. The van der Waals surface area contributed by atoms with Crippen LogP contribution in [0.4, 0.5) is 0 Å². The van der Waals surface area contributed by atoms with Crippen LogP contribution < -0.4 is 11.6 Å². The first-order valence-corrected chi connectivity index (χ1v) is 19.4. The Morgan fingerprint density at radius 1 is 0.482 bits per heavy atom. The number of hydrazine groups is 1. The van der Waals surface area contributed by atoms with Gasteiger partial charge in [-0.05, 0) is 12.5 Å². The molecule has 0 atom stereocenters. The molecule has 0 radical (unpaired) electrons. The van der Waals surface area contributed by atoms with Crippen LogP contribution in [0, 0.1) is 0 Å². The molecular formula is C37H72N4O15. The van der Waals surface area contributed by atoms with Crippen molar-refractivity contribution in [2.75, 3.05) is 192 Å². The molecule has 330 valence electrons. The molecule has 1 amide bonds. The third-order valence-corrected chi connectivity index (χ3v) is 6.75. The zero-order valence-electron chi connectivity index (χ0n) is 34.0. The van der Waals surface area contributed by atoms with Gasteiger partial charge < -0.3 is 77.2 Å². The number of allylic oxidation sites excluding steroid dienone is 1. The molecule has 0 fully saturated rings. The van der Waals surface area contributed by atoms with E-state index in [9.17, 15) is 9.59 Å². The first-order chi connectivity index (χ1) is 27.5. The average Bonchev–Trinajstić information content (AvgIpc) is 3.19. The van der Waals surface area contributed by atoms with Crippen molar-refractivity contribution in [3.05, 3.63) is 24.0 Å². The van der Waals surface area contributed by atoms with Crippen molar-refractivity contribution in [1.82, 2.24) is 9.91 Å². The Balaban J connectivity index is 3.23. The summed E-state index contributed by atoms with van der Waals surface area (Å²) in [5, 5.41) is 1.38. The SMILES string of the molecule is CCCOCCOCCOCCOCCOCCOCCOCCOCCOCCOCCOCCOCCOCCN(N)/C=C(\N)CN(C)C(=O)/C=C\C=O. The summed E-state index contributed by atoms with van der Waals surface area (Å²) in [6.45, 7) is 15.7.